The van der Waals surface area contributed by atoms with Gasteiger partial charge in [-0.3, -0.25) is 4.79 Å². The Morgan fingerprint density at radius 1 is 0.931 bits per heavy atom. The Balaban J connectivity index is 3.48. The second kappa shape index (κ2) is 9.46. The van der Waals surface area contributed by atoms with Gasteiger partial charge in [0, 0.05) is 0 Å². The van der Waals surface area contributed by atoms with Crippen molar-refractivity contribution >= 4 is 18.2 Å². The van der Waals surface area contributed by atoms with E-state index in [0.717, 1.165) is 4.90 Å². The number of imide groups is 1. The molecule has 0 heterocycles. The molecule has 1 fully saturated rings. The van der Waals surface area contributed by atoms with Crippen LogP contribution in [0.1, 0.15) is 54.9 Å². The second-order valence-electron chi connectivity index (χ2n) is 9.13. The number of esters is 1. The molecule has 1 aliphatic rings. The van der Waals surface area contributed by atoms with Crippen molar-refractivity contribution in [2.45, 2.75) is 72.1 Å². The molecule has 0 N–H and O–H groups in total. The van der Waals surface area contributed by atoms with Crippen LogP contribution in [-0.4, -0.2) is 46.9 Å². The molecular weight excluding hydrogens is 374 g/mol. The molecular formula is C22H35NO6. The lowest BCUT2D eigenvalue weighted by molar-refractivity contribution is -0.150. The number of hydrogen-bond acceptors (Lipinski definition) is 6. The summed E-state index contributed by atoms with van der Waals surface area (Å²) >= 11 is 0. The average molecular weight is 410 g/mol. The molecule has 7 nitrogen and oxygen atoms in total. The van der Waals surface area contributed by atoms with E-state index in [1.54, 1.807) is 60.6 Å². The number of hydrogen-bond donors (Lipinski definition) is 0. The van der Waals surface area contributed by atoms with Crippen molar-refractivity contribution in [3.8, 4) is 0 Å². The molecule has 0 spiro atoms. The maximum Gasteiger partial charge on any atom is 0.420 e. The van der Waals surface area contributed by atoms with Gasteiger partial charge in [-0.05, 0) is 66.7 Å². The molecule has 0 aliphatic heterocycles. The zero-order valence-corrected chi connectivity index (χ0v) is 18.7. The number of carbonyl (C=O) groups excluding carboxylic acids is 3. The van der Waals surface area contributed by atoms with Crippen LogP contribution in [0.25, 0.3) is 0 Å². The number of nitrogens with zero attached hydrogens (tertiary/aromatic N) is 1. The molecule has 164 valence electrons. The first-order valence-electron chi connectivity index (χ1n) is 9.92. The van der Waals surface area contributed by atoms with Crippen LogP contribution in [0.15, 0.2) is 25.3 Å². The minimum absolute atomic E-state index is 0.184. The summed E-state index contributed by atoms with van der Waals surface area (Å²) in [5, 5.41) is 0. The third kappa shape index (κ3) is 6.61. The van der Waals surface area contributed by atoms with Crippen LogP contribution in [-0.2, 0) is 19.0 Å². The molecule has 1 saturated carbocycles. The first-order valence-corrected chi connectivity index (χ1v) is 9.92. The lowest BCUT2D eigenvalue weighted by atomic mass is 9.92. The van der Waals surface area contributed by atoms with Crippen LogP contribution >= 0.6 is 0 Å². The summed E-state index contributed by atoms with van der Waals surface area (Å²) in [6, 6.07) is -0.848. The molecule has 0 radical (unpaired) electrons. The summed E-state index contributed by atoms with van der Waals surface area (Å²) in [5.41, 5.74) is -1.67. The van der Waals surface area contributed by atoms with Crippen molar-refractivity contribution in [2.24, 2.45) is 17.8 Å². The third-order valence-electron chi connectivity index (χ3n) is 4.45. The molecule has 1 rings (SSSR count). The fraction of sp³-hybridized carbons (Fsp3) is 0.682. The van der Waals surface area contributed by atoms with Crippen LogP contribution in [0, 0.1) is 17.8 Å². The minimum Gasteiger partial charge on any atom is -0.466 e. The van der Waals surface area contributed by atoms with Crippen LogP contribution < -0.4 is 0 Å². The zero-order valence-electron chi connectivity index (χ0n) is 18.7. The maximum absolute atomic E-state index is 13.0. The average Bonchev–Trinajstić information content (AvgIpc) is 2.90. The van der Waals surface area contributed by atoms with Gasteiger partial charge in [-0.2, -0.15) is 0 Å². The van der Waals surface area contributed by atoms with E-state index in [1.807, 2.05) is 0 Å². The smallest absolute Gasteiger partial charge is 0.420 e. The van der Waals surface area contributed by atoms with Gasteiger partial charge in [0.15, 0.2) is 0 Å². The van der Waals surface area contributed by atoms with Gasteiger partial charge in [0.25, 0.3) is 0 Å². The monoisotopic (exact) mass is 409 g/mol. The van der Waals surface area contributed by atoms with Gasteiger partial charge in [0.05, 0.1) is 18.6 Å². The van der Waals surface area contributed by atoms with E-state index in [1.165, 1.54) is 0 Å². The van der Waals surface area contributed by atoms with Gasteiger partial charge in [-0.15, -0.1) is 13.2 Å². The Bertz CT molecular complexity index is 615. The number of rotatable bonds is 5. The highest BCUT2D eigenvalue weighted by Gasteiger charge is 2.53. The normalized spacial score (nSPS) is 24.4. The lowest BCUT2D eigenvalue weighted by Crippen LogP contribution is -2.54. The topological polar surface area (TPSA) is 82.1 Å². The Hall–Kier alpha value is -2.31. The van der Waals surface area contributed by atoms with E-state index in [-0.39, 0.29) is 18.4 Å². The highest BCUT2D eigenvalue weighted by molar-refractivity contribution is 5.90. The summed E-state index contributed by atoms with van der Waals surface area (Å²) in [6.07, 6.45) is 2.05. The van der Waals surface area contributed by atoms with Gasteiger partial charge in [0.2, 0.25) is 0 Å². The van der Waals surface area contributed by atoms with Gasteiger partial charge in [-0.1, -0.05) is 12.2 Å². The molecule has 2 amide bonds. The van der Waals surface area contributed by atoms with Gasteiger partial charge < -0.3 is 14.2 Å². The molecule has 0 aromatic carbocycles. The van der Waals surface area contributed by atoms with E-state index in [0.29, 0.717) is 6.42 Å². The molecule has 0 saturated heterocycles. The second-order valence-corrected chi connectivity index (χ2v) is 9.13. The van der Waals surface area contributed by atoms with E-state index in [4.69, 9.17) is 14.2 Å². The van der Waals surface area contributed by atoms with Gasteiger partial charge >= 0.3 is 18.2 Å². The van der Waals surface area contributed by atoms with E-state index in [9.17, 15) is 14.4 Å². The van der Waals surface area contributed by atoms with Crippen LogP contribution in [0.5, 0.6) is 0 Å². The van der Waals surface area contributed by atoms with Crippen LogP contribution in [0.4, 0.5) is 9.59 Å². The first kappa shape index (κ1) is 24.7. The van der Waals surface area contributed by atoms with Crippen molar-refractivity contribution in [2.75, 3.05) is 6.61 Å². The molecule has 4 atom stereocenters. The Morgan fingerprint density at radius 3 is 1.72 bits per heavy atom. The molecule has 0 aromatic rings. The summed E-state index contributed by atoms with van der Waals surface area (Å²) in [5.74, 6) is -1.90. The first-order chi connectivity index (χ1) is 13.3. The summed E-state index contributed by atoms with van der Waals surface area (Å²) in [6.45, 7) is 19.7. The molecule has 0 bridgehead atoms. The predicted octanol–water partition coefficient (Wildman–Crippen LogP) is 4.71. The quantitative estimate of drug-likeness (QED) is 0.371. The zero-order chi connectivity index (χ0) is 22.6. The van der Waals surface area contributed by atoms with Crippen molar-refractivity contribution in [3.63, 3.8) is 0 Å². The van der Waals surface area contributed by atoms with E-state index >= 15 is 0 Å². The van der Waals surface area contributed by atoms with Crippen LogP contribution in [0.3, 0.4) is 0 Å². The highest BCUT2D eigenvalue weighted by atomic mass is 16.6. The Labute approximate surface area is 174 Å². The fourth-order valence-corrected chi connectivity index (χ4v) is 3.44. The number of amides is 2. The number of ether oxygens (including phenoxy) is 3. The minimum atomic E-state index is -0.873. The van der Waals surface area contributed by atoms with Crippen molar-refractivity contribution < 1.29 is 28.6 Å². The predicted molar refractivity (Wildman–Crippen MR) is 110 cm³/mol. The van der Waals surface area contributed by atoms with E-state index < -0.39 is 41.3 Å². The molecule has 0 unspecified atom stereocenters. The summed E-state index contributed by atoms with van der Waals surface area (Å²) in [7, 11) is 0. The van der Waals surface area contributed by atoms with Gasteiger partial charge in [0.1, 0.15) is 11.2 Å². The fourth-order valence-electron chi connectivity index (χ4n) is 3.44. The van der Waals surface area contributed by atoms with Crippen LogP contribution in [0.2, 0.25) is 0 Å². The number of carbonyl (C=O) groups is 3. The van der Waals surface area contributed by atoms with Crippen molar-refractivity contribution in [1.29, 1.82) is 0 Å². The SMILES string of the molecule is C=C[C@@H]1C[C@H](C=C)[C@@H](C(=O)OCC)[C@H]1N(C(=O)OC(C)(C)C)C(=O)OC(C)(C)C. The van der Waals surface area contributed by atoms with Gasteiger partial charge in [-0.25, -0.2) is 14.5 Å². The molecule has 7 heteroatoms. The third-order valence-corrected chi connectivity index (χ3v) is 4.45. The summed E-state index contributed by atoms with van der Waals surface area (Å²) < 4.78 is 16.2. The maximum atomic E-state index is 13.0. The standard InChI is InChI=1S/C22H35NO6/c1-10-14-13-15(11-2)17(16(14)18(24)27-12-3)23(19(25)28-21(4,5)6)20(26)29-22(7,8)9/h10-11,14-17H,1-2,12-13H2,3-9H3/t14-,15+,16+,17-/m0/s1. The number of allylic oxidation sites excluding steroid dienone is 1. The molecule has 1 aliphatic carbocycles. The van der Waals surface area contributed by atoms with E-state index in [2.05, 4.69) is 13.2 Å². The molecule has 0 aromatic heterocycles. The van der Waals surface area contributed by atoms with Crippen molar-refractivity contribution in [1.82, 2.24) is 4.90 Å². The lowest BCUT2D eigenvalue weighted by Gasteiger charge is -2.35. The highest BCUT2D eigenvalue weighted by Crippen LogP contribution is 2.42. The summed E-state index contributed by atoms with van der Waals surface area (Å²) in [4.78, 5) is 39.8. The Morgan fingerprint density at radius 2 is 1.38 bits per heavy atom. The Kier molecular flexibility index (Phi) is 8.07. The molecule has 29 heavy (non-hydrogen) atoms. The largest absolute Gasteiger partial charge is 0.466 e. The van der Waals surface area contributed by atoms with Crippen molar-refractivity contribution in [3.05, 3.63) is 25.3 Å².